The van der Waals surface area contributed by atoms with Crippen LogP contribution in [0.4, 0.5) is 0 Å². The van der Waals surface area contributed by atoms with E-state index in [1.807, 2.05) is 25.2 Å². The van der Waals surface area contributed by atoms with E-state index >= 15 is 0 Å². The van der Waals surface area contributed by atoms with Gasteiger partial charge in [0.15, 0.2) is 6.10 Å². The monoisotopic (exact) mass is 542 g/mol. The molecule has 1 aliphatic rings. The quantitative estimate of drug-likeness (QED) is 0.119. The Hall–Kier alpha value is -3.46. The zero-order chi connectivity index (χ0) is 29.4. The second-order valence-electron chi connectivity index (χ2n) is 10.00. The number of ether oxygens (including phenoxy) is 1. The molecule has 0 aromatic rings. The Balaban J connectivity index is 2.68. The molecule has 0 aromatic carbocycles. The fraction of sp³-hybridized carbons (Fsp3) is 0.533. The van der Waals surface area contributed by atoms with Gasteiger partial charge in [-0.05, 0) is 57.4 Å². The highest BCUT2D eigenvalue weighted by Crippen LogP contribution is 2.13. The van der Waals surface area contributed by atoms with E-state index in [1.165, 1.54) is 5.01 Å². The van der Waals surface area contributed by atoms with Crippen molar-refractivity contribution in [3.63, 3.8) is 0 Å². The van der Waals surface area contributed by atoms with Crippen molar-refractivity contribution in [2.45, 2.75) is 90.4 Å². The molecule has 39 heavy (non-hydrogen) atoms. The first-order valence-corrected chi connectivity index (χ1v) is 13.7. The van der Waals surface area contributed by atoms with Crippen LogP contribution in [-0.2, 0) is 23.9 Å². The van der Waals surface area contributed by atoms with E-state index in [0.29, 0.717) is 25.8 Å². The van der Waals surface area contributed by atoms with E-state index < -0.39 is 30.1 Å². The summed E-state index contributed by atoms with van der Waals surface area (Å²) in [4.78, 5) is 51.0. The van der Waals surface area contributed by atoms with Gasteiger partial charge >= 0.3 is 5.97 Å². The number of hydrogen-bond donors (Lipinski definition) is 3. The Morgan fingerprint density at radius 3 is 2.41 bits per heavy atom. The van der Waals surface area contributed by atoms with Gasteiger partial charge in [0.2, 0.25) is 5.91 Å². The minimum Gasteiger partial charge on any atom is -0.452 e. The van der Waals surface area contributed by atoms with Gasteiger partial charge in [0, 0.05) is 19.0 Å². The second-order valence-corrected chi connectivity index (χ2v) is 10.00. The van der Waals surface area contributed by atoms with Crippen LogP contribution in [0, 0.1) is 5.92 Å². The van der Waals surface area contributed by atoms with Crippen molar-refractivity contribution >= 4 is 23.7 Å². The van der Waals surface area contributed by atoms with Gasteiger partial charge in [-0.1, -0.05) is 63.5 Å². The van der Waals surface area contributed by atoms with Crippen LogP contribution in [0.2, 0.25) is 0 Å². The number of hydrogen-bond acceptors (Lipinski definition) is 6. The van der Waals surface area contributed by atoms with Gasteiger partial charge < -0.3 is 15.4 Å². The first-order valence-electron chi connectivity index (χ1n) is 13.7. The molecule has 4 atom stereocenters. The van der Waals surface area contributed by atoms with Crippen molar-refractivity contribution < 1.29 is 23.9 Å². The maximum absolute atomic E-state index is 13.1. The first kappa shape index (κ1) is 33.6. The summed E-state index contributed by atoms with van der Waals surface area (Å²) in [5.41, 5.74) is 3.86. The molecule has 3 N–H and O–H groups in total. The molecule has 1 saturated heterocycles. The van der Waals surface area contributed by atoms with E-state index in [-0.39, 0.29) is 30.2 Å². The summed E-state index contributed by atoms with van der Waals surface area (Å²) in [6.45, 7) is 18.4. The zero-order valence-electron chi connectivity index (χ0n) is 23.9. The number of hydrazine groups is 1. The van der Waals surface area contributed by atoms with E-state index in [0.717, 1.165) is 18.4 Å². The molecule has 1 fully saturated rings. The van der Waals surface area contributed by atoms with Crippen molar-refractivity contribution in [2.24, 2.45) is 5.92 Å². The Morgan fingerprint density at radius 2 is 1.79 bits per heavy atom. The van der Waals surface area contributed by atoms with Gasteiger partial charge in [0.05, 0.1) is 0 Å². The van der Waals surface area contributed by atoms with E-state index in [2.05, 4.69) is 35.8 Å². The number of esters is 1. The molecule has 0 aromatic heterocycles. The van der Waals surface area contributed by atoms with Crippen LogP contribution in [0.1, 0.15) is 66.2 Å². The summed E-state index contributed by atoms with van der Waals surface area (Å²) in [5.74, 6) is -1.84. The van der Waals surface area contributed by atoms with Crippen molar-refractivity contribution in [3.8, 4) is 0 Å². The highest BCUT2D eigenvalue weighted by atomic mass is 16.5. The fourth-order valence-corrected chi connectivity index (χ4v) is 3.93. The highest BCUT2D eigenvalue weighted by molar-refractivity contribution is 5.90. The summed E-state index contributed by atoms with van der Waals surface area (Å²) in [7, 11) is 0. The predicted octanol–water partition coefficient (Wildman–Crippen LogP) is 3.66. The van der Waals surface area contributed by atoms with Crippen LogP contribution < -0.4 is 16.1 Å². The molecule has 9 heteroatoms. The van der Waals surface area contributed by atoms with E-state index in [1.54, 1.807) is 39.0 Å². The molecule has 0 radical (unpaired) electrons. The lowest BCUT2D eigenvalue weighted by Gasteiger charge is -2.35. The van der Waals surface area contributed by atoms with Gasteiger partial charge in [0.1, 0.15) is 12.1 Å². The molecule has 0 saturated carbocycles. The molecule has 9 nitrogen and oxygen atoms in total. The second kappa shape index (κ2) is 17.9. The zero-order valence-corrected chi connectivity index (χ0v) is 23.9. The number of carbonyl (C=O) groups excluding carboxylic acids is 4. The molecule has 0 unspecified atom stereocenters. The van der Waals surface area contributed by atoms with Crippen molar-refractivity contribution in [3.05, 3.63) is 61.8 Å². The number of allylic oxidation sites excluding steroid dienone is 6. The van der Waals surface area contributed by atoms with Gasteiger partial charge in [-0.2, -0.15) is 0 Å². The SMILES string of the molecule is C=C/C=C(C=C)\C=C\[C@@H](C)NC(=O)[C@@H]1CCCN(C(=O)[C@H](C)NC(=O)[C@@H](OC(=O)CCCCC=C)C(C)C)N1. The average molecular weight is 543 g/mol. The Labute approximate surface area is 233 Å². The third-order valence-electron chi connectivity index (χ3n) is 6.15. The summed E-state index contributed by atoms with van der Waals surface area (Å²) in [6, 6.07) is -1.71. The van der Waals surface area contributed by atoms with Gasteiger partial charge in [0.25, 0.3) is 11.8 Å². The lowest BCUT2D eigenvalue weighted by atomic mass is 10.1. The number of nitrogens with zero attached hydrogens (tertiary/aromatic N) is 1. The Kier molecular flexibility index (Phi) is 15.4. The standard InChI is InChI=1S/C30H46N4O5/c1-8-11-12-13-17-26(35)39-27(21(4)5)29(37)32-23(7)30(38)34-20-14-16-25(33-34)28(36)31-22(6)18-19-24(10-3)15-9-2/h8-10,15,18-19,21-23,25,27,33H,1-3,11-14,16-17,20H2,4-7H3,(H,31,36)(H,32,37)/b19-18+,24-15-/t22-,23+,25+,27+/m1/s1. The van der Waals surface area contributed by atoms with Crippen LogP contribution >= 0.6 is 0 Å². The molecule has 1 heterocycles. The number of carbonyl (C=O) groups is 4. The lowest BCUT2D eigenvalue weighted by molar-refractivity contribution is -0.159. The van der Waals surface area contributed by atoms with E-state index in [4.69, 9.17) is 4.74 Å². The van der Waals surface area contributed by atoms with Crippen LogP contribution in [0.15, 0.2) is 61.8 Å². The van der Waals surface area contributed by atoms with Crippen molar-refractivity contribution in [2.75, 3.05) is 6.54 Å². The van der Waals surface area contributed by atoms with E-state index in [9.17, 15) is 19.2 Å². The largest absolute Gasteiger partial charge is 0.452 e. The normalized spacial score (nSPS) is 18.1. The summed E-state index contributed by atoms with van der Waals surface area (Å²) >= 11 is 0. The highest BCUT2D eigenvalue weighted by Gasteiger charge is 2.33. The van der Waals surface area contributed by atoms with Gasteiger partial charge in [-0.25, -0.2) is 5.43 Å². The summed E-state index contributed by atoms with van der Waals surface area (Å²) < 4.78 is 5.43. The smallest absolute Gasteiger partial charge is 0.306 e. The topological polar surface area (TPSA) is 117 Å². The molecule has 0 aliphatic carbocycles. The number of amides is 3. The summed E-state index contributed by atoms with van der Waals surface area (Å²) in [5, 5.41) is 6.96. The molecule has 1 rings (SSSR count). The predicted molar refractivity (Wildman–Crippen MR) is 154 cm³/mol. The lowest BCUT2D eigenvalue weighted by Crippen LogP contribution is -2.61. The van der Waals surface area contributed by atoms with Gasteiger partial charge in [-0.3, -0.25) is 24.2 Å². The van der Waals surface area contributed by atoms with Crippen LogP contribution in [0.3, 0.4) is 0 Å². The fourth-order valence-electron chi connectivity index (χ4n) is 3.93. The molecule has 1 aliphatic heterocycles. The first-order chi connectivity index (χ1) is 18.5. The maximum Gasteiger partial charge on any atom is 0.306 e. The molecule has 216 valence electrons. The molecule has 0 spiro atoms. The minimum absolute atomic E-state index is 0.218. The molecule has 0 bridgehead atoms. The summed E-state index contributed by atoms with van der Waals surface area (Å²) in [6.07, 6.45) is 13.3. The van der Waals surface area contributed by atoms with Crippen LogP contribution in [0.25, 0.3) is 0 Å². The third kappa shape index (κ3) is 12.3. The van der Waals surface area contributed by atoms with Crippen molar-refractivity contribution in [1.82, 2.24) is 21.1 Å². The third-order valence-corrected chi connectivity index (χ3v) is 6.15. The molecular weight excluding hydrogens is 496 g/mol. The number of rotatable bonds is 16. The molecular formula is C30H46N4O5. The van der Waals surface area contributed by atoms with Crippen molar-refractivity contribution in [1.29, 1.82) is 0 Å². The minimum atomic E-state index is -1.00. The van der Waals surface area contributed by atoms with Crippen LogP contribution in [-0.4, -0.2) is 59.5 Å². The number of unbranched alkanes of at least 4 members (excludes halogenated alkanes) is 2. The van der Waals surface area contributed by atoms with Gasteiger partial charge in [-0.15, -0.1) is 6.58 Å². The average Bonchev–Trinajstić information content (AvgIpc) is 2.91. The Morgan fingerprint density at radius 1 is 1.08 bits per heavy atom. The van der Waals surface area contributed by atoms with Crippen LogP contribution in [0.5, 0.6) is 0 Å². The molecule has 3 amide bonds. The maximum atomic E-state index is 13.1. The number of nitrogens with one attached hydrogen (secondary N) is 3. The Bertz CT molecular complexity index is 940.